The Morgan fingerprint density at radius 3 is 1.90 bits per heavy atom. The highest BCUT2D eigenvalue weighted by Crippen LogP contribution is 2.36. The van der Waals surface area contributed by atoms with Crippen molar-refractivity contribution in [2.75, 3.05) is 32.6 Å². The van der Waals surface area contributed by atoms with Crippen LogP contribution in [0.25, 0.3) is 33.5 Å². The molecule has 13 heteroatoms. The van der Waals surface area contributed by atoms with E-state index in [-0.39, 0.29) is 35.7 Å². The summed E-state index contributed by atoms with van der Waals surface area (Å²) in [6, 6.07) is 22.7. The number of nitrogens with one attached hydrogen (secondary N) is 4. The molecule has 4 atom stereocenters. The van der Waals surface area contributed by atoms with Crippen LogP contribution in [0.4, 0.5) is 15.3 Å². The number of rotatable bonds is 13. The molecule has 1 aromatic heterocycles. The fraction of sp³-hybridized carbons (Fsp3) is 0.400. The molecule has 3 aromatic carbocycles. The Bertz CT molecular complexity index is 2090. The number of hydrogen-bond donors (Lipinski definition) is 4. The van der Waals surface area contributed by atoms with Crippen molar-refractivity contribution in [1.82, 2.24) is 30.4 Å². The highest BCUT2D eigenvalue weighted by molar-refractivity contribution is 5.99. The van der Waals surface area contributed by atoms with Gasteiger partial charge in [-0.3, -0.25) is 9.59 Å². The highest BCUT2D eigenvalue weighted by Gasteiger charge is 2.39. The molecule has 4 amide bonds. The number of carbonyl (C=O) groups excluding carboxylic acids is 4. The molecule has 2 fully saturated rings. The molecule has 4 N–H and O–H groups in total. The quantitative estimate of drug-likeness (QED) is 0.107. The van der Waals surface area contributed by atoms with Crippen molar-refractivity contribution in [2.24, 2.45) is 11.8 Å². The molecule has 0 bridgehead atoms. The first-order chi connectivity index (χ1) is 27.9. The second-order valence-electron chi connectivity index (χ2n) is 15.7. The number of alkyl carbamates (subject to hydrolysis) is 2. The summed E-state index contributed by atoms with van der Waals surface area (Å²) in [5.74, 6) is 0.278. The van der Waals surface area contributed by atoms with Crippen LogP contribution in [0.2, 0.25) is 0 Å². The maximum absolute atomic E-state index is 13.5. The molecule has 306 valence electrons. The molecule has 2 aliphatic heterocycles. The second-order valence-corrected chi connectivity index (χ2v) is 15.7. The number of aromatic amines is 1. The molecule has 0 radical (unpaired) electrons. The molecule has 0 unspecified atom stereocenters. The first kappa shape index (κ1) is 41.5. The molecule has 3 heterocycles. The molecule has 6 rings (SSSR count). The lowest BCUT2D eigenvalue weighted by molar-refractivity contribution is -0.139. The summed E-state index contributed by atoms with van der Waals surface area (Å²) in [7, 11) is 2.62. The molecular weight excluding hydrogens is 735 g/mol. The minimum atomic E-state index is -0.793. The zero-order valence-electron chi connectivity index (χ0n) is 34.2. The Morgan fingerprint density at radius 2 is 1.29 bits per heavy atom. The van der Waals surface area contributed by atoms with Gasteiger partial charge in [0, 0.05) is 24.5 Å². The zero-order valence-corrected chi connectivity index (χ0v) is 34.2. The number of aromatic nitrogens is 2. The van der Waals surface area contributed by atoms with Crippen LogP contribution in [0, 0.1) is 11.8 Å². The van der Waals surface area contributed by atoms with E-state index in [4.69, 9.17) is 14.5 Å². The third kappa shape index (κ3) is 9.36. The van der Waals surface area contributed by atoms with Gasteiger partial charge in [-0.2, -0.15) is 0 Å². The first-order valence-corrected chi connectivity index (χ1v) is 20.0. The van der Waals surface area contributed by atoms with E-state index in [2.05, 4.69) is 94.8 Å². The minimum Gasteiger partial charge on any atom is -0.453 e. The third-order valence-electron chi connectivity index (χ3n) is 11.1. The van der Waals surface area contributed by atoms with Crippen LogP contribution in [0.3, 0.4) is 0 Å². The molecule has 13 nitrogen and oxygen atoms in total. The molecule has 58 heavy (non-hydrogen) atoms. The number of imidazole rings is 1. The smallest absolute Gasteiger partial charge is 0.407 e. The van der Waals surface area contributed by atoms with E-state index in [1.54, 1.807) is 4.90 Å². The monoisotopic (exact) mass is 789 g/mol. The van der Waals surface area contributed by atoms with Gasteiger partial charge in [0.15, 0.2) is 0 Å². The normalized spacial score (nSPS) is 17.5. The standard InChI is InChI=1S/C45H55N7O6/c1-27(2)39(49-44(55)57-6)29(5)51-23-9-13-37(51)41-46-26-36(48-41)33-21-19-31(20-22-33)30-15-17-32(18-16-30)34-11-8-12-35(25-34)47-42(53)38-14-10-24-52(38)43(54)40(28(3)4)50-45(56)58-7/h8,11-12,15-22,25-28,37-40H,5,9-10,13-14,23-24H2,1-4,6-7H3,(H,46,48)(H,47,53)(H,49,55)(H,50,56)/t37-,38-,39-,40-/m0/s1. The van der Waals surface area contributed by atoms with Gasteiger partial charge in [0.05, 0.1) is 38.2 Å². The number of likely N-dealkylation sites (tertiary alicyclic amines) is 2. The van der Waals surface area contributed by atoms with E-state index in [9.17, 15) is 19.2 Å². The van der Waals surface area contributed by atoms with Crippen LogP contribution in [-0.2, 0) is 19.1 Å². The second kappa shape index (κ2) is 18.4. The van der Waals surface area contributed by atoms with Crippen molar-refractivity contribution in [1.29, 1.82) is 0 Å². The van der Waals surface area contributed by atoms with Crippen LogP contribution < -0.4 is 16.0 Å². The lowest BCUT2D eigenvalue weighted by Crippen LogP contribution is -2.54. The molecule has 4 aromatic rings. The zero-order chi connectivity index (χ0) is 41.5. The first-order valence-electron chi connectivity index (χ1n) is 20.0. The van der Waals surface area contributed by atoms with Crippen molar-refractivity contribution in [3.05, 3.63) is 97.1 Å². The van der Waals surface area contributed by atoms with E-state index in [0.29, 0.717) is 25.1 Å². The maximum atomic E-state index is 13.5. The fourth-order valence-corrected chi connectivity index (χ4v) is 7.93. The summed E-state index contributed by atoms with van der Waals surface area (Å²) in [4.78, 5) is 63.1. The number of amides is 4. The van der Waals surface area contributed by atoms with Crippen LogP contribution in [-0.4, -0.2) is 89.2 Å². The Labute approximate surface area is 340 Å². The van der Waals surface area contributed by atoms with E-state index >= 15 is 0 Å². The van der Waals surface area contributed by atoms with Crippen LogP contribution in [0.15, 0.2) is 91.3 Å². The number of benzene rings is 3. The van der Waals surface area contributed by atoms with Gasteiger partial charge in [-0.15, -0.1) is 0 Å². The predicted molar refractivity (Wildman–Crippen MR) is 224 cm³/mol. The van der Waals surface area contributed by atoms with Crippen molar-refractivity contribution in [3.63, 3.8) is 0 Å². The topological polar surface area (TPSA) is 158 Å². The fourth-order valence-electron chi connectivity index (χ4n) is 7.93. The Balaban J connectivity index is 1.09. The Morgan fingerprint density at radius 1 is 0.741 bits per heavy atom. The van der Waals surface area contributed by atoms with Gasteiger partial charge in [-0.05, 0) is 77.5 Å². The molecule has 2 saturated heterocycles. The average Bonchev–Trinajstić information content (AvgIpc) is 4.03. The third-order valence-corrected chi connectivity index (χ3v) is 11.1. The Hall–Kier alpha value is -6.11. The molecular formula is C45H55N7O6. The van der Waals surface area contributed by atoms with Crippen molar-refractivity contribution in [2.45, 2.75) is 77.5 Å². The largest absolute Gasteiger partial charge is 0.453 e. The van der Waals surface area contributed by atoms with Crippen molar-refractivity contribution in [3.8, 4) is 33.5 Å². The summed E-state index contributed by atoms with van der Waals surface area (Å²) in [5.41, 5.74) is 7.52. The number of ether oxygens (including phenoxy) is 2. The van der Waals surface area contributed by atoms with E-state index in [1.165, 1.54) is 14.2 Å². The van der Waals surface area contributed by atoms with Gasteiger partial charge in [-0.25, -0.2) is 14.6 Å². The highest BCUT2D eigenvalue weighted by atomic mass is 16.5. The number of carbonyl (C=O) groups is 4. The van der Waals surface area contributed by atoms with Gasteiger partial charge < -0.3 is 40.2 Å². The van der Waals surface area contributed by atoms with Crippen molar-refractivity contribution < 1.29 is 28.7 Å². The maximum Gasteiger partial charge on any atom is 0.407 e. The van der Waals surface area contributed by atoms with Crippen molar-refractivity contribution >= 4 is 29.7 Å². The Kier molecular flexibility index (Phi) is 13.2. The van der Waals surface area contributed by atoms with Gasteiger partial charge >= 0.3 is 12.2 Å². The number of anilines is 1. The van der Waals surface area contributed by atoms with Gasteiger partial charge in [0.2, 0.25) is 11.8 Å². The van der Waals surface area contributed by atoms with Crippen LogP contribution in [0.1, 0.15) is 65.2 Å². The van der Waals surface area contributed by atoms with Gasteiger partial charge in [-0.1, -0.05) is 94.9 Å². The summed E-state index contributed by atoms with van der Waals surface area (Å²) >= 11 is 0. The van der Waals surface area contributed by atoms with E-state index < -0.39 is 24.3 Å². The van der Waals surface area contributed by atoms with E-state index in [1.807, 2.05) is 44.3 Å². The number of hydrogen-bond acceptors (Lipinski definition) is 8. The summed E-state index contributed by atoms with van der Waals surface area (Å²) < 4.78 is 9.58. The average molecular weight is 790 g/mol. The SMILES string of the molecule is C=C([C@@H](NC(=O)OC)C(C)C)N1CCC[C@H]1c1ncc(-c2ccc(-c3ccc(-c4cccc(NC(=O)[C@@H]5CCCN5C(=O)[C@@H](NC(=O)OC)C(C)C)c4)cc3)cc2)[nH]1. The molecule has 2 aliphatic rings. The summed E-state index contributed by atoms with van der Waals surface area (Å²) in [5, 5.41) is 8.58. The lowest BCUT2D eigenvalue weighted by Gasteiger charge is -2.34. The van der Waals surface area contributed by atoms with Gasteiger partial charge in [0.1, 0.15) is 17.9 Å². The van der Waals surface area contributed by atoms with Gasteiger partial charge in [0.25, 0.3) is 0 Å². The minimum absolute atomic E-state index is 0.0332. The molecule has 0 aliphatic carbocycles. The summed E-state index contributed by atoms with van der Waals surface area (Å²) in [6.07, 6.45) is 3.89. The predicted octanol–water partition coefficient (Wildman–Crippen LogP) is 7.75. The lowest BCUT2D eigenvalue weighted by atomic mass is 9.99. The summed E-state index contributed by atoms with van der Waals surface area (Å²) in [6.45, 7) is 13.5. The molecule has 0 spiro atoms. The van der Waals surface area contributed by atoms with Crippen LogP contribution >= 0.6 is 0 Å². The number of methoxy groups -OCH3 is 2. The van der Waals surface area contributed by atoms with E-state index in [0.717, 1.165) is 64.4 Å². The number of H-pyrrole nitrogens is 1. The number of nitrogens with zero attached hydrogens (tertiary/aromatic N) is 3. The van der Waals surface area contributed by atoms with Crippen LogP contribution in [0.5, 0.6) is 0 Å². The molecule has 0 saturated carbocycles.